The lowest BCUT2D eigenvalue weighted by Gasteiger charge is -2.31. The molecule has 1 aliphatic heterocycles. The number of rotatable bonds is 10. The number of fused-ring (bicyclic) bond motifs is 1. The molecular formula is C26H37N3O5. The number of hydrogen-bond acceptors (Lipinski definition) is 6. The van der Waals surface area contributed by atoms with Gasteiger partial charge in [-0.15, -0.1) is 0 Å². The van der Waals surface area contributed by atoms with Crippen molar-refractivity contribution in [3.63, 3.8) is 0 Å². The van der Waals surface area contributed by atoms with Gasteiger partial charge in [0.15, 0.2) is 0 Å². The lowest BCUT2D eigenvalue weighted by atomic mass is 9.97. The summed E-state index contributed by atoms with van der Waals surface area (Å²) in [5, 5.41) is 3.84. The van der Waals surface area contributed by atoms with Crippen LogP contribution in [0.5, 0.6) is 0 Å². The van der Waals surface area contributed by atoms with Gasteiger partial charge in [-0.3, -0.25) is 14.4 Å². The summed E-state index contributed by atoms with van der Waals surface area (Å²) >= 11 is 0. The van der Waals surface area contributed by atoms with Crippen LogP contribution < -0.4 is 11.1 Å². The first-order valence-electron chi connectivity index (χ1n) is 12.2. The zero-order valence-corrected chi connectivity index (χ0v) is 20.6. The molecule has 3 rings (SSSR count). The van der Waals surface area contributed by atoms with Crippen LogP contribution in [0.1, 0.15) is 58.3 Å². The summed E-state index contributed by atoms with van der Waals surface area (Å²) in [5.74, 6) is 0.0408. The number of nitrogens with zero attached hydrogens (tertiary/aromatic N) is 1. The van der Waals surface area contributed by atoms with Crippen molar-refractivity contribution in [3.05, 3.63) is 35.6 Å². The van der Waals surface area contributed by atoms with Gasteiger partial charge >= 0.3 is 5.97 Å². The van der Waals surface area contributed by atoms with Gasteiger partial charge in [-0.1, -0.05) is 32.0 Å². The van der Waals surface area contributed by atoms with E-state index in [4.69, 9.17) is 14.9 Å². The predicted molar refractivity (Wildman–Crippen MR) is 130 cm³/mol. The zero-order chi connectivity index (χ0) is 24.8. The van der Waals surface area contributed by atoms with Gasteiger partial charge in [0.25, 0.3) is 0 Å². The minimum atomic E-state index is -0.678. The van der Waals surface area contributed by atoms with Gasteiger partial charge in [0.2, 0.25) is 11.8 Å². The predicted octanol–water partition coefficient (Wildman–Crippen LogP) is 2.95. The van der Waals surface area contributed by atoms with Gasteiger partial charge in [-0.05, 0) is 45.1 Å². The van der Waals surface area contributed by atoms with Gasteiger partial charge in [0.05, 0.1) is 19.1 Å². The number of hydrogen-bond donors (Lipinski definition) is 2. The Morgan fingerprint density at radius 2 is 1.97 bits per heavy atom. The molecule has 3 N–H and O–H groups in total. The molecule has 0 spiro atoms. The van der Waals surface area contributed by atoms with Crippen molar-refractivity contribution < 1.29 is 23.5 Å². The van der Waals surface area contributed by atoms with Crippen LogP contribution in [0, 0.1) is 5.92 Å². The third-order valence-electron chi connectivity index (χ3n) is 6.39. The molecule has 0 unspecified atom stereocenters. The average Bonchev–Trinajstić information content (AvgIpc) is 3.40. The molecule has 8 nitrogen and oxygen atoms in total. The number of carbonyl (C=O) groups is 3. The van der Waals surface area contributed by atoms with E-state index in [0.29, 0.717) is 26.0 Å². The maximum absolute atomic E-state index is 13.5. The molecule has 1 aliphatic rings. The van der Waals surface area contributed by atoms with Crippen LogP contribution in [-0.4, -0.2) is 54.0 Å². The van der Waals surface area contributed by atoms with E-state index in [1.807, 2.05) is 43.0 Å². The molecule has 34 heavy (non-hydrogen) atoms. The molecule has 1 fully saturated rings. The van der Waals surface area contributed by atoms with E-state index in [9.17, 15) is 14.4 Å². The van der Waals surface area contributed by atoms with Gasteiger partial charge in [0.1, 0.15) is 17.4 Å². The lowest BCUT2D eigenvalue weighted by molar-refractivity contribution is -0.143. The first-order valence-corrected chi connectivity index (χ1v) is 12.2. The molecule has 0 bridgehead atoms. The Labute approximate surface area is 201 Å². The number of ether oxygens (including phenoxy) is 1. The molecule has 1 saturated heterocycles. The number of esters is 1. The number of nitrogens with two attached hydrogens (primary N) is 1. The van der Waals surface area contributed by atoms with Crippen LogP contribution in [0.25, 0.3) is 11.0 Å². The highest BCUT2D eigenvalue weighted by Crippen LogP contribution is 2.32. The van der Waals surface area contributed by atoms with E-state index in [-0.39, 0.29) is 36.2 Å². The third-order valence-corrected chi connectivity index (χ3v) is 6.39. The number of carbonyl (C=O) groups excluding carboxylic acids is 3. The van der Waals surface area contributed by atoms with Gasteiger partial charge in [-0.2, -0.15) is 0 Å². The van der Waals surface area contributed by atoms with E-state index in [2.05, 4.69) is 5.32 Å². The summed E-state index contributed by atoms with van der Waals surface area (Å²) < 4.78 is 11.2. The summed E-state index contributed by atoms with van der Waals surface area (Å²) in [6.07, 6.45) is 3.09. The summed E-state index contributed by atoms with van der Waals surface area (Å²) in [4.78, 5) is 39.6. The largest absolute Gasteiger partial charge is 0.466 e. The quantitative estimate of drug-likeness (QED) is 0.515. The molecular weight excluding hydrogens is 434 g/mol. The minimum absolute atomic E-state index is 0.0108. The standard InChI is InChI=1S/C26H37N3O5/c1-5-33-23(30)13-12-22-20(19-10-6-7-11-21(19)34-22)15-18-9-8-14-29(18)26(32)24(16(2)3)28-25(31)17(4)27/h6-7,10-11,16-18,24H,5,8-9,12-15,27H2,1-4H3,(H,28,31)/t17-,18-,24-/m0/s1. The highest BCUT2D eigenvalue weighted by molar-refractivity contribution is 5.90. The second kappa shape index (κ2) is 11.5. The van der Waals surface area contributed by atoms with Crippen molar-refractivity contribution in [2.75, 3.05) is 13.2 Å². The zero-order valence-electron chi connectivity index (χ0n) is 20.6. The van der Waals surface area contributed by atoms with Crippen LogP contribution in [0.15, 0.2) is 28.7 Å². The first kappa shape index (κ1) is 25.7. The molecule has 0 aliphatic carbocycles. The van der Waals surface area contributed by atoms with Gasteiger partial charge < -0.3 is 25.1 Å². The van der Waals surface area contributed by atoms with Crippen LogP contribution in [-0.2, 0) is 32.0 Å². The third kappa shape index (κ3) is 5.97. The Kier molecular flexibility index (Phi) is 8.72. The molecule has 0 radical (unpaired) electrons. The van der Waals surface area contributed by atoms with E-state index < -0.39 is 12.1 Å². The fourth-order valence-electron chi connectivity index (χ4n) is 4.57. The normalized spacial score (nSPS) is 17.7. The van der Waals surface area contributed by atoms with Crippen molar-refractivity contribution >= 4 is 28.8 Å². The molecule has 1 aromatic heterocycles. The fraction of sp³-hybridized carbons (Fsp3) is 0.577. The molecule has 2 amide bonds. The Morgan fingerprint density at radius 3 is 2.65 bits per heavy atom. The minimum Gasteiger partial charge on any atom is -0.466 e. The van der Waals surface area contributed by atoms with Gasteiger partial charge in [-0.25, -0.2) is 0 Å². The highest BCUT2D eigenvalue weighted by atomic mass is 16.5. The molecule has 186 valence electrons. The maximum atomic E-state index is 13.5. The monoisotopic (exact) mass is 471 g/mol. The Hall–Kier alpha value is -2.87. The summed E-state index contributed by atoms with van der Waals surface area (Å²) in [6.45, 7) is 8.24. The fourth-order valence-corrected chi connectivity index (χ4v) is 4.57. The lowest BCUT2D eigenvalue weighted by Crippen LogP contribution is -2.55. The molecule has 2 aromatic rings. The van der Waals surface area contributed by atoms with Crippen LogP contribution in [0.2, 0.25) is 0 Å². The summed E-state index contributed by atoms with van der Waals surface area (Å²) in [7, 11) is 0. The van der Waals surface area contributed by atoms with Crippen molar-refractivity contribution in [2.45, 2.75) is 77.9 Å². The van der Waals surface area contributed by atoms with E-state index >= 15 is 0 Å². The Morgan fingerprint density at radius 1 is 1.24 bits per heavy atom. The second-order valence-corrected chi connectivity index (χ2v) is 9.36. The molecule has 2 heterocycles. The van der Waals surface area contributed by atoms with Crippen molar-refractivity contribution in [3.8, 4) is 0 Å². The SMILES string of the molecule is CCOC(=O)CCc1oc2ccccc2c1C[C@@H]1CCCN1C(=O)[C@@H](NC(=O)[C@H](C)N)C(C)C. The number of para-hydroxylation sites is 1. The smallest absolute Gasteiger partial charge is 0.306 e. The van der Waals surface area contributed by atoms with Gasteiger partial charge in [0, 0.05) is 30.0 Å². The number of aryl methyl sites for hydroxylation is 1. The Balaban J connectivity index is 1.82. The number of likely N-dealkylation sites (tertiary alicyclic amines) is 1. The number of benzene rings is 1. The van der Waals surface area contributed by atoms with Crippen molar-refractivity contribution in [1.82, 2.24) is 10.2 Å². The average molecular weight is 472 g/mol. The molecule has 8 heteroatoms. The molecule has 0 saturated carbocycles. The van der Waals surface area contributed by atoms with E-state index in [1.165, 1.54) is 0 Å². The number of nitrogens with one attached hydrogen (secondary N) is 1. The first-order chi connectivity index (χ1) is 16.2. The second-order valence-electron chi connectivity index (χ2n) is 9.36. The highest BCUT2D eigenvalue weighted by Gasteiger charge is 2.36. The van der Waals surface area contributed by atoms with Crippen molar-refractivity contribution in [1.29, 1.82) is 0 Å². The Bertz CT molecular complexity index is 1010. The maximum Gasteiger partial charge on any atom is 0.306 e. The summed E-state index contributed by atoms with van der Waals surface area (Å²) in [6, 6.07) is 6.51. The van der Waals surface area contributed by atoms with Crippen LogP contribution in [0.4, 0.5) is 0 Å². The van der Waals surface area contributed by atoms with Crippen molar-refractivity contribution in [2.24, 2.45) is 11.7 Å². The van der Waals surface area contributed by atoms with Crippen LogP contribution in [0.3, 0.4) is 0 Å². The topological polar surface area (TPSA) is 115 Å². The van der Waals surface area contributed by atoms with Crippen LogP contribution >= 0.6 is 0 Å². The number of furan rings is 1. The molecule has 3 atom stereocenters. The van der Waals surface area contributed by atoms with E-state index in [1.54, 1.807) is 13.8 Å². The summed E-state index contributed by atoms with van der Waals surface area (Å²) in [5.41, 5.74) is 7.52. The molecule has 1 aromatic carbocycles. The van der Waals surface area contributed by atoms with E-state index in [0.717, 1.165) is 35.1 Å². The number of amides is 2.